The van der Waals surface area contributed by atoms with Gasteiger partial charge in [-0.25, -0.2) is 4.79 Å². The van der Waals surface area contributed by atoms with E-state index in [1.165, 1.54) is 0 Å². The van der Waals surface area contributed by atoms with Crippen LogP contribution >= 0.6 is 0 Å². The van der Waals surface area contributed by atoms with Crippen LogP contribution in [-0.2, 0) is 6.54 Å². The van der Waals surface area contributed by atoms with Crippen molar-refractivity contribution in [2.45, 2.75) is 13.5 Å². The molecule has 0 amide bonds. The molecule has 0 fully saturated rings. The van der Waals surface area contributed by atoms with Gasteiger partial charge in [0.15, 0.2) is 0 Å². The highest BCUT2D eigenvalue weighted by atomic mass is 16.4. The van der Waals surface area contributed by atoms with Gasteiger partial charge < -0.3 is 14.8 Å². The molecule has 0 unspecified atom stereocenters. The molecule has 0 atom stereocenters. The van der Waals surface area contributed by atoms with E-state index in [1.807, 2.05) is 49.4 Å². The zero-order valence-corrected chi connectivity index (χ0v) is 12.7. The van der Waals surface area contributed by atoms with E-state index in [0.717, 1.165) is 28.3 Å². The van der Waals surface area contributed by atoms with Gasteiger partial charge in [0, 0.05) is 11.3 Å². The SMILES string of the molecule is Cc1cc(C(=O)O)ccc1NCc1ccc(-c2ccccc2)o1. The Kier molecular flexibility index (Phi) is 4.15. The Morgan fingerprint density at radius 2 is 1.87 bits per heavy atom. The molecule has 23 heavy (non-hydrogen) atoms. The van der Waals surface area contributed by atoms with E-state index in [-0.39, 0.29) is 5.56 Å². The summed E-state index contributed by atoms with van der Waals surface area (Å²) in [4.78, 5) is 10.9. The van der Waals surface area contributed by atoms with Crippen LogP contribution in [0.2, 0.25) is 0 Å². The van der Waals surface area contributed by atoms with E-state index < -0.39 is 5.97 Å². The second-order valence-electron chi connectivity index (χ2n) is 5.32. The third-order valence-corrected chi connectivity index (χ3v) is 3.65. The van der Waals surface area contributed by atoms with Crippen molar-refractivity contribution < 1.29 is 14.3 Å². The van der Waals surface area contributed by atoms with E-state index >= 15 is 0 Å². The maximum absolute atomic E-state index is 10.9. The summed E-state index contributed by atoms with van der Waals surface area (Å²) >= 11 is 0. The molecule has 2 aromatic carbocycles. The van der Waals surface area contributed by atoms with Crippen molar-refractivity contribution in [2.75, 3.05) is 5.32 Å². The fourth-order valence-electron chi connectivity index (χ4n) is 2.41. The van der Waals surface area contributed by atoms with Crippen molar-refractivity contribution in [1.82, 2.24) is 0 Å². The summed E-state index contributed by atoms with van der Waals surface area (Å²) in [6.07, 6.45) is 0. The molecule has 1 heterocycles. The average molecular weight is 307 g/mol. The molecule has 0 spiro atoms. The number of anilines is 1. The molecule has 4 heteroatoms. The van der Waals surface area contributed by atoms with Crippen molar-refractivity contribution in [3.63, 3.8) is 0 Å². The van der Waals surface area contributed by atoms with E-state index in [2.05, 4.69) is 5.32 Å². The summed E-state index contributed by atoms with van der Waals surface area (Å²) in [6, 6.07) is 18.8. The van der Waals surface area contributed by atoms with Crippen molar-refractivity contribution in [1.29, 1.82) is 0 Å². The fraction of sp³-hybridized carbons (Fsp3) is 0.105. The van der Waals surface area contributed by atoms with Crippen molar-refractivity contribution in [3.8, 4) is 11.3 Å². The van der Waals surface area contributed by atoms with Gasteiger partial charge in [-0.1, -0.05) is 30.3 Å². The van der Waals surface area contributed by atoms with Gasteiger partial charge >= 0.3 is 5.97 Å². The first kappa shape index (κ1) is 14.9. The predicted octanol–water partition coefficient (Wildman–Crippen LogP) is 4.57. The maximum atomic E-state index is 10.9. The number of aromatic carboxylic acids is 1. The molecule has 4 nitrogen and oxygen atoms in total. The van der Waals surface area contributed by atoms with Crippen LogP contribution in [0.1, 0.15) is 21.7 Å². The molecule has 0 saturated heterocycles. The number of benzene rings is 2. The zero-order chi connectivity index (χ0) is 16.2. The normalized spacial score (nSPS) is 10.5. The summed E-state index contributed by atoms with van der Waals surface area (Å²) in [5.41, 5.74) is 3.12. The summed E-state index contributed by atoms with van der Waals surface area (Å²) < 4.78 is 5.84. The Labute approximate surface area is 134 Å². The van der Waals surface area contributed by atoms with Gasteiger partial charge in [-0.2, -0.15) is 0 Å². The van der Waals surface area contributed by atoms with Crippen molar-refractivity contribution in [3.05, 3.63) is 77.6 Å². The first-order chi connectivity index (χ1) is 11.1. The molecule has 0 radical (unpaired) electrons. The number of carboxylic acid groups (broad SMARTS) is 1. The minimum atomic E-state index is -0.918. The second-order valence-corrected chi connectivity index (χ2v) is 5.32. The van der Waals surface area contributed by atoms with Gasteiger partial charge in [-0.05, 0) is 42.8 Å². The number of hydrogen-bond donors (Lipinski definition) is 2. The molecular weight excluding hydrogens is 290 g/mol. The largest absolute Gasteiger partial charge is 0.478 e. The third kappa shape index (κ3) is 3.43. The third-order valence-electron chi connectivity index (χ3n) is 3.65. The zero-order valence-electron chi connectivity index (χ0n) is 12.7. The summed E-state index contributed by atoms with van der Waals surface area (Å²) in [7, 11) is 0. The van der Waals surface area contributed by atoms with E-state index in [1.54, 1.807) is 18.2 Å². The average Bonchev–Trinajstić information content (AvgIpc) is 3.03. The quantitative estimate of drug-likeness (QED) is 0.725. The molecule has 1 aromatic heterocycles. The van der Waals surface area contributed by atoms with Gasteiger partial charge in [0.2, 0.25) is 0 Å². The fourth-order valence-corrected chi connectivity index (χ4v) is 2.41. The lowest BCUT2D eigenvalue weighted by molar-refractivity contribution is 0.0697. The Morgan fingerprint density at radius 3 is 2.57 bits per heavy atom. The van der Waals surface area contributed by atoms with Gasteiger partial charge in [0.05, 0.1) is 12.1 Å². The van der Waals surface area contributed by atoms with Crippen molar-refractivity contribution >= 4 is 11.7 Å². The van der Waals surface area contributed by atoms with Crippen LogP contribution in [0.4, 0.5) is 5.69 Å². The van der Waals surface area contributed by atoms with Crippen LogP contribution in [0.25, 0.3) is 11.3 Å². The number of furan rings is 1. The molecule has 0 saturated carbocycles. The lowest BCUT2D eigenvalue weighted by Gasteiger charge is -2.09. The molecule has 2 N–H and O–H groups in total. The molecule has 0 aliphatic carbocycles. The minimum absolute atomic E-state index is 0.289. The first-order valence-corrected chi connectivity index (χ1v) is 7.35. The molecule has 0 bridgehead atoms. The van der Waals surface area contributed by atoms with E-state index in [4.69, 9.17) is 9.52 Å². The molecule has 3 rings (SSSR count). The van der Waals surface area contributed by atoms with Gasteiger partial charge in [-0.3, -0.25) is 0 Å². The Balaban J connectivity index is 1.70. The second kappa shape index (κ2) is 6.40. The van der Waals surface area contributed by atoms with Gasteiger partial charge in [0.25, 0.3) is 0 Å². The maximum Gasteiger partial charge on any atom is 0.335 e. The predicted molar refractivity (Wildman–Crippen MR) is 89.6 cm³/mol. The van der Waals surface area contributed by atoms with Crippen LogP contribution in [0, 0.1) is 6.92 Å². The highest BCUT2D eigenvalue weighted by Crippen LogP contribution is 2.23. The van der Waals surface area contributed by atoms with Crippen LogP contribution in [0.5, 0.6) is 0 Å². The first-order valence-electron chi connectivity index (χ1n) is 7.35. The van der Waals surface area contributed by atoms with E-state index in [9.17, 15) is 4.79 Å². The van der Waals surface area contributed by atoms with Crippen LogP contribution in [0.3, 0.4) is 0 Å². The van der Waals surface area contributed by atoms with Gasteiger partial charge in [0.1, 0.15) is 11.5 Å². The molecule has 116 valence electrons. The van der Waals surface area contributed by atoms with Gasteiger partial charge in [-0.15, -0.1) is 0 Å². The summed E-state index contributed by atoms with van der Waals surface area (Å²) in [5, 5.41) is 12.3. The molecule has 3 aromatic rings. The summed E-state index contributed by atoms with van der Waals surface area (Å²) in [6.45, 7) is 2.42. The highest BCUT2D eigenvalue weighted by molar-refractivity contribution is 5.88. The molecular formula is C19H17NO3. The highest BCUT2D eigenvalue weighted by Gasteiger charge is 2.07. The van der Waals surface area contributed by atoms with Crippen molar-refractivity contribution in [2.24, 2.45) is 0 Å². The Morgan fingerprint density at radius 1 is 1.09 bits per heavy atom. The van der Waals surface area contributed by atoms with Crippen LogP contribution in [0.15, 0.2) is 65.1 Å². The number of nitrogens with one attached hydrogen (secondary N) is 1. The lowest BCUT2D eigenvalue weighted by atomic mass is 10.1. The topological polar surface area (TPSA) is 62.5 Å². The van der Waals surface area contributed by atoms with E-state index in [0.29, 0.717) is 6.54 Å². The molecule has 0 aliphatic rings. The van der Waals surface area contributed by atoms with Crippen LogP contribution < -0.4 is 5.32 Å². The summed E-state index contributed by atoms with van der Waals surface area (Å²) in [5.74, 6) is 0.740. The number of rotatable bonds is 5. The number of hydrogen-bond acceptors (Lipinski definition) is 3. The smallest absolute Gasteiger partial charge is 0.335 e. The van der Waals surface area contributed by atoms with Crippen LogP contribution in [-0.4, -0.2) is 11.1 Å². The number of carbonyl (C=O) groups is 1. The number of aryl methyl sites for hydroxylation is 1. The number of carboxylic acids is 1. The Bertz CT molecular complexity index is 822. The Hall–Kier alpha value is -3.01. The lowest BCUT2D eigenvalue weighted by Crippen LogP contribution is -2.02. The molecule has 0 aliphatic heterocycles. The standard InChI is InChI=1S/C19H17NO3/c1-13-11-15(19(21)22)7-9-17(13)20-12-16-8-10-18(23-16)14-5-3-2-4-6-14/h2-11,20H,12H2,1H3,(H,21,22). The monoisotopic (exact) mass is 307 g/mol. The minimum Gasteiger partial charge on any atom is -0.478 e.